The Morgan fingerprint density at radius 1 is 1.15 bits per heavy atom. The average Bonchev–Trinajstić information content (AvgIpc) is 3.29. The van der Waals surface area contributed by atoms with E-state index in [1.165, 1.54) is 11.8 Å². The third-order valence-electron chi connectivity index (χ3n) is 3.75. The molecule has 0 amide bonds. The largest absolute Gasteiger partial charge is 0.491 e. The van der Waals surface area contributed by atoms with E-state index in [4.69, 9.17) is 9.15 Å². The summed E-state index contributed by atoms with van der Waals surface area (Å²) in [5.74, 6) is 3.22. The number of aromatic nitrogens is 3. The maximum atomic E-state index is 10.2. The van der Waals surface area contributed by atoms with Crippen molar-refractivity contribution < 1.29 is 14.3 Å². The first-order valence-corrected chi connectivity index (χ1v) is 9.56. The van der Waals surface area contributed by atoms with Crippen LogP contribution < -0.4 is 4.74 Å². The molecule has 2 heterocycles. The maximum Gasteiger partial charge on any atom is 0.191 e. The Bertz CT molecular complexity index is 788. The lowest BCUT2D eigenvalue weighted by Gasteiger charge is -2.13. The Labute approximate surface area is 157 Å². The second kappa shape index (κ2) is 8.91. The third kappa shape index (κ3) is 4.89. The Hall–Kier alpha value is -2.25. The smallest absolute Gasteiger partial charge is 0.191 e. The van der Waals surface area contributed by atoms with Gasteiger partial charge in [-0.25, -0.2) is 0 Å². The molecule has 0 saturated carbocycles. The van der Waals surface area contributed by atoms with Crippen LogP contribution in [0.5, 0.6) is 5.75 Å². The molecule has 2 aromatic heterocycles. The van der Waals surface area contributed by atoms with Crippen molar-refractivity contribution in [2.45, 2.75) is 37.6 Å². The highest BCUT2D eigenvalue weighted by atomic mass is 32.2. The number of para-hydroxylation sites is 1. The number of hydrogen-bond donors (Lipinski definition) is 1. The molecule has 0 aliphatic carbocycles. The van der Waals surface area contributed by atoms with Gasteiger partial charge in [0, 0.05) is 11.7 Å². The monoisotopic (exact) mass is 373 g/mol. The minimum atomic E-state index is -0.600. The van der Waals surface area contributed by atoms with Crippen LogP contribution in [0.15, 0.2) is 58.3 Å². The minimum absolute atomic E-state index is 0.236. The molecule has 138 valence electrons. The van der Waals surface area contributed by atoms with Gasteiger partial charge < -0.3 is 14.3 Å². The van der Waals surface area contributed by atoms with Crippen molar-refractivity contribution in [2.24, 2.45) is 0 Å². The van der Waals surface area contributed by atoms with E-state index in [1.807, 2.05) is 47.0 Å². The number of aliphatic hydroxyl groups is 1. The van der Waals surface area contributed by atoms with Crippen molar-refractivity contribution in [2.75, 3.05) is 12.4 Å². The highest BCUT2D eigenvalue weighted by molar-refractivity contribution is 7.99. The zero-order chi connectivity index (χ0) is 18.4. The number of hydrogen-bond acceptors (Lipinski definition) is 6. The van der Waals surface area contributed by atoms with Crippen LogP contribution in [0.1, 0.15) is 31.4 Å². The van der Waals surface area contributed by atoms with E-state index in [1.54, 1.807) is 6.26 Å². The van der Waals surface area contributed by atoms with Gasteiger partial charge in [-0.15, -0.1) is 10.2 Å². The molecular weight excluding hydrogens is 350 g/mol. The quantitative estimate of drug-likeness (QED) is 0.578. The first-order valence-electron chi connectivity index (χ1n) is 8.57. The topological polar surface area (TPSA) is 73.3 Å². The van der Waals surface area contributed by atoms with Gasteiger partial charge in [0.05, 0.1) is 18.9 Å². The van der Waals surface area contributed by atoms with Crippen LogP contribution in [0, 0.1) is 0 Å². The van der Waals surface area contributed by atoms with Gasteiger partial charge in [0.2, 0.25) is 0 Å². The lowest BCUT2D eigenvalue weighted by atomic mass is 10.2. The Balaban J connectivity index is 1.60. The molecule has 1 atom stereocenters. The Morgan fingerprint density at radius 2 is 1.96 bits per heavy atom. The summed E-state index contributed by atoms with van der Waals surface area (Å²) in [6, 6.07) is 13.3. The second-order valence-corrected chi connectivity index (χ2v) is 7.24. The van der Waals surface area contributed by atoms with Gasteiger partial charge in [0.25, 0.3) is 0 Å². The van der Waals surface area contributed by atoms with Crippen molar-refractivity contribution in [3.8, 4) is 5.75 Å². The minimum Gasteiger partial charge on any atom is -0.491 e. The molecule has 0 bridgehead atoms. The fourth-order valence-electron chi connectivity index (χ4n) is 2.47. The number of ether oxygens (including phenoxy) is 1. The zero-order valence-corrected chi connectivity index (χ0v) is 15.7. The van der Waals surface area contributed by atoms with Crippen molar-refractivity contribution in [1.29, 1.82) is 0 Å². The number of thioether (sulfide) groups is 1. The van der Waals surface area contributed by atoms with E-state index >= 15 is 0 Å². The van der Waals surface area contributed by atoms with Crippen LogP contribution in [0.2, 0.25) is 0 Å². The van der Waals surface area contributed by atoms with E-state index in [0.717, 1.165) is 22.5 Å². The number of nitrogens with zero attached hydrogens (tertiary/aromatic N) is 3. The van der Waals surface area contributed by atoms with E-state index in [9.17, 15) is 5.11 Å². The van der Waals surface area contributed by atoms with E-state index < -0.39 is 6.10 Å². The summed E-state index contributed by atoms with van der Waals surface area (Å²) in [5, 5.41) is 19.6. The molecule has 0 aliphatic rings. The standard InChI is InChI=1S/C19H23N3O3S/c1-14(2)18-20-21-19(22(18)11-17-9-6-10-24-17)26-13-15(23)12-25-16-7-4-3-5-8-16/h3-10,14-15,23H,11-13H2,1-2H3/t15-/m1/s1. The van der Waals surface area contributed by atoms with Gasteiger partial charge in [0.1, 0.15) is 23.9 Å². The lowest BCUT2D eigenvalue weighted by Crippen LogP contribution is -2.20. The Morgan fingerprint density at radius 3 is 2.65 bits per heavy atom. The normalized spacial score (nSPS) is 12.5. The van der Waals surface area contributed by atoms with Crippen molar-refractivity contribution in [3.05, 3.63) is 60.3 Å². The van der Waals surface area contributed by atoms with Gasteiger partial charge in [-0.2, -0.15) is 0 Å². The van der Waals surface area contributed by atoms with Crippen LogP contribution in [-0.4, -0.2) is 38.3 Å². The molecule has 6 nitrogen and oxygen atoms in total. The molecule has 0 fully saturated rings. The SMILES string of the molecule is CC(C)c1nnc(SC[C@H](O)COc2ccccc2)n1Cc1ccco1. The van der Waals surface area contributed by atoms with E-state index in [-0.39, 0.29) is 12.5 Å². The second-order valence-electron chi connectivity index (χ2n) is 6.25. The summed E-state index contributed by atoms with van der Waals surface area (Å²) in [5.41, 5.74) is 0. The van der Waals surface area contributed by atoms with Crippen LogP contribution in [0.4, 0.5) is 0 Å². The van der Waals surface area contributed by atoms with Gasteiger partial charge in [0.15, 0.2) is 5.16 Å². The first-order chi connectivity index (χ1) is 12.6. The van der Waals surface area contributed by atoms with Crippen molar-refractivity contribution in [1.82, 2.24) is 14.8 Å². The highest BCUT2D eigenvalue weighted by Crippen LogP contribution is 2.23. The van der Waals surface area contributed by atoms with Gasteiger partial charge in [-0.1, -0.05) is 43.8 Å². The summed E-state index contributed by atoms with van der Waals surface area (Å²) in [4.78, 5) is 0. The predicted molar refractivity (Wildman–Crippen MR) is 101 cm³/mol. The van der Waals surface area contributed by atoms with Crippen molar-refractivity contribution >= 4 is 11.8 Å². The molecule has 0 aliphatic heterocycles. The van der Waals surface area contributed by atoms with Crippen molar-refractivity contribution in [3.63, 3.8) is 0 Å². The summed E-state index contributed by atoms with van der Waals surface area (Å²) in [6.45, 7) is 4.98. The van der Waals surface area contributed by atoms with E-state index in [0.29, 0.717) is 12.3 Å². The molecule has 0 saturated heterocycles. The molecule has 26 heavy (non-hydrogen) atoms. The van der Waals surface area contributed by atoms with Crippen LogP contribution in [-0.2, 0) is 6.54 Å². The van der Waals surface area contributed by atoms with Gasteiger partial charge >= 0.3 is 0 Å². The molecule has 1 aromatic carbocycles. The lowest BCUT2D eigenvalue weighted by molar-refractivity contribution is 0.126. The number of benzene rings is 1. The molecular formula is C19H23N3O3S. The summed E-state index contributed by atoms with van der Waals surface area (Å²) in [6.07, 6.45) is 1.06. The zero-order valence-electron chi connectivity index (χ0n) is 14.9. The summed E-state index contributed by atoms with van der Waals surface area (Å²) >= 11 is 1.47. The molecule has 0 unspecified atom stereocenters. The van der Waals surface area contributed by atoms with Crippen LogP contribution in [0.3, 0.4) is 0 Å². The fourth-order valence-corrected chi connectivity index (χ4v) is 3.32. The van der Waals surface area contributed by atoms with Gasteiger partial charge in [-0.05, 0) is 24.3 Å². The molecule has 3 aromatic rings. The predicted octanol–water partition coefficient (Wildman–Crippen LogP) is 3.57. The van der Waals surface area contributed by atoms with Gasteiger partial charge in [-0.3, -0.25) is 4.57 Å². The number of furan rings is 1. The molecule has 0 radical (unpaired) electrons. The third-order valence-corrected chi connectivity index (χ3v) is 4.86. The first kappa shape index (κ1) is 18.5. The molecule has 1 N–H and O–H groups in total. The highest BCUT2D eigenvalue weighted by Gasteiger charge is 2.18. The molecule has 7 heteroatoms. The van der Waals surface area contributed by atoms with Crippen LogP contribution >= 0.6 is 11.8 Å². The van der Waals surface area contributed by atoms with Crippen LogP contribution in [0.25, 0.3) is 0 Å². The fraction of sp³-hybridized carbons (Fsp3) is 0.368. The molecule has 3 rings (SSSR count). The summed E-state index contributed by atoms with van der Waals surface area (Å²) < 4.78 is 13.1. The average molecular weight is 373 g/mol. The number of rotatable bonds is 9. The van der Waals surface area contributed by atoms with E-state index in [2.05, 4.69) is 24.0 Å². The number of aliphatic hydroxyl groups excluding tert-OH is 1. The maximum absolute atomic E-state index is 10.2. The molecule has 0 spiro atoms. The summed E-state index contributed by atoms with van der Waals surface area (Å²) in [7, 11) is 0. The Kier molecular flexibility index (Phi) is 6.35.